The molecule has 0 saturated carbocycles. The predicted molar refractivity (Wildman–Crippen MR) is 67.1 cm³/mol. The smallest absolute Gasteiger partial charge is 0.338 e. The number of ether oxygens (including phenoxy) is 1. The van der Waals surface area contributed by atoms with E-state index in [-0.39, 0.29) is 30.7 Å². The fourth-order valence-corrected chi connectivity index (χ4v) is 2.15. The summed E-state index contributed by atoms with van der Waals surface area (Å²) in [6.07, 6.45) is 0.235. The van der Waals surface area contributed by atoms with Crippen molar-refractivity contribution in [2.75, 3.05) is 7.11 Å². The highest BCUT2D eigenvalue weighted by Gasteiger charge is 2.35. The summed E-state index contributed by atoms with van der Waals surface area (Å²) in [5.74, 6) is -1.14. The van der Waals surface area contributed by atoms with E-state index in [1.54, 1.807) is 31.2 Å². The quantitative estimate of drug-likeness (QED) is 0.609. The lowest BCUT2D eigenvalue weighted by Gasteiger charge is -2.16. The van der Waals surface area contributed by atoms with Crippen molar-refractivity contribution in [1.82, 2.24) is 4.90 Å². The normalized spacial score (nSPS) is 18.8. The maximum Gasteiger partial charge on any atom is 0.338 e. The fourth-order valence-electron chi connectivity index (χ4n) is 2.15. The molecule has 0 aliphatic carbocycles. The summed E-state index contributed by atoms with van der Waals surface area (Å²) in [4.78, 5) is 36.4. The Balaban J connectivity index is 2.27. The van der Waals surface area contributed by atoms with Gasteiger partial charge in [-0.15, -0.1) is 0 Å². The molecule has 1 atom stereocenters. The molecule has 5 heteroatoms. The largest absolute Gasteiger partial charge is 0.465 e. The lowest BCUT2D eigenvalue weighted by atomic mass is 10.1. The first-order chi connectivity index (χ1) is 9.04. The monoisotopic (exact) mass is 261 g/mol. The minimum Gasteiger partial charge on any atom is -0.465 e. The number of benzene rings is 1. The summed E-state index contributed by atoms with van der Waals surface area (Å²) in [5, 5.41) is 0. The Morgan fingerprint density at radius 1 is 1.37 bits per heavy atom. The molecule has 19 heavy (non-hydrogen) atoms. The van der Waals surface area contributed by atoms with Crippen molar-refractivity contribution in [2.24, 2.45) is 5.92 Å². The van der Waals surface area contributed by atoms with Crippen molar-refractivity contribution in [3.8, 4) is 0 Å². The molecule has 1 aliphatic rings. The summed E-state index contributed by atoms with van der Waals surface area (Å²) in [5.41, 5.74) is 0.996. The number of hydrogen-bond acceptors (Lipinski definition) is 4. The number of carbonyl (C=O) groups excluding carboxylic acids is 3. The molecule has 0 spiro atoms. The van der Waals surface area contributed by atoms with Crippen molar-refractivity contribution in [1.29, 1.82) is 0 Å². The van der Waals surface area contributed by atoms with Gasteiger partial charge in [-0.25, -0.2) is 4.79 Å². The van der Waals surface area contributed by atoms with E-state index in [4.69, 9.17) is 0 Å². The van der Waals surface area contributed by atoms with Crippen LogP contribution in [0.3, 0.4) is 0 Å². The zero-order chi connectivity index (χ0) is 14.0. The Morgan fingerprint density at radius 2 is 2.05 bits per heavy atom. The third-order valence-electron chi connectivity index (χ3n) is 3.22. The SMILES string of the molecule is COC(=O)c1ccccc1CN1C(=O)CC(C)C1=O. The molecule has 100 valence electrons. The fraction of sp³-hybridized carbons (Fsp3) is 0.357. The highest BCUT2D eigenvalue weighted by Crippen LogP contribution is 2.22. The summed E-state index contributed by atoms with van der Waals surface area (Å²) < 4.78 is 4.69. The van der Waals surface area contributed by atoms with E-state index in [2.05, 4.69) is 4.74 Å². The number of rotatable bonds is 3. The van der Waals surface area contributed by atoms with Gasteiger partial charge in [0.15, 0.2) is 0 Å². The second kappa shape index (κ2) is 5.22. The first-order valence-corrected chi connectivity index (χ1v) is 6.05. The number of hydrogen-bond donors (Lipinski definition) is 0. The number of amides is 2. The third kappa shape index (κ3) is 2.50. The van der Waals surface area contributed by atoms with Gasteiger partial charge >= 0.3 is 5.97 Å². The maximum absolute atomic E-state index is 11.9. The van der Waals surface area contributed by atoms with Gasteiger partial charge in [-0.2, -0.15) is 0 Å². The van der Waals surface area contributed by atoms with Crippen LogP contribution in [0.5, 0.6) is 0 Å². The van der Waals surface area contributed by atoms with Crippen molar-refractivity contribution >= 4 is 17.8 Å². The number of nitrogens with zero attached hydrogens (tertiary/aromatic N) is 1. The molecule has 1 saturated heterocycles. The molecule has 1 aromatic carbocycles. The molecule has 1 aliphatic heterocycles. The van der Waals surface area contributed by atoms with Crippen LogP contribution in [0.1, 0.15) is 29.3 Å². The summed E-state index contributed by atoms with van der Waals surface area (Å²) >= 11 is 0. The van der Waals surface area contributed by atoms with Crippen LogP contribution < -0.4 is 0 Å². The first-order valence-electron chi connectivity index (χ1n) is 6.05. The van der Waals surface area contributed by atoms with E-state index in [0.717, 1.165) is 0 Å². The molecule has 1 unspecified atom stereocenters. The topological polar surface area (TPSA) is 63.7 Å². The van der Waals surface area contributed by atoms with Crippen molar-refractivity contribution < 1.29 is 19.1 Å². The molecule has 0 radical (unpaired) electrons. The second-order valence-electron chi connectivity index (χ2n) is 4.57. The van der Waals surface area contributed by atoms with E-state index in [0.29, 0.717) is 11.1 Å². The Bertz CT molecular complexity index is 538. The zero-order valence-corrected chi connectivity index (χ0v) is 10.9. The molecular formula is C14H15NO4. The molecule has 0 bridgehead atoms. The maximum atomic E-state index is 11.9. The van der Waals surface area contributed by atoms with Gasteiger partial charge in [0, 0.05) is 12.3 Å². The van der Waals surface area contributed by atoms with Crippen LogP contribution in [-0.2, 0) is 20.9 Å². The van der Waals surface area contributed by atoms with Gasteiger partial charge in [0.1, 0.15) is 0 Å². The molecule has 0 aromatic heterocycles. The van der Waals surface area contributed by atoms with Crippen molar-refractivity contribution in [3.63, 3.8) is 0 Å². The van der Waals surface area contributed by atoms with E-state index in [1.165, 1.54) is 12.0 Å². The van der Waals surface area contributed by atoms with Crippen LogP contribution in [0.4, 0.5) is 0 Å². The van der Waals surface area contributed by atoms with Crippen LogP contribution in [0.15, 0.2) is 24.3 Å². The molecule has 5 nitrogen and oxygen atoms in total. The van der Waals surface area contributed by atoms with Gasteiger partial charge in [-0.05, 0) is 11.6 Å². The van der Waals surface area contributed by atoms with Gasteiger partial charge < -0.3 is 4.74 Å². The third-order valence-corrected chi connectivity index (χ3v) is 3.22. The number of carbonyl (C=O) groups is 3. The number of likely N-dealkylation sites (tertiary alicyclic amines) is 1. The highest BCUT2D eigenvalue weighted by molar-refractivity contribution is 6.03. The summed E-state index contributed by atoms with van der Waals surface area (Å²) in [7, 11) is 1.30. The minimum atomic E-state index is -0.470. The Morgan fingerprint density at radius 3 is 2.63 bits per heavy atom. The Kier molecular flexibility index (Phi) is 3.64. The second-order valence-corrected chi connectivity index (χ2v) is 4.57. The highest BCUT2D eigenvalue weighted by atomic mass is 16.5. The zero-order valence-electron chi connectivity index (χ0n) is 10.9. The van der Waals surface area contributed by atoms with E-state index >= 15 is 0 Å². The number of methoxy groups -OCH3 is 1. The van der Waals surface area contributed by atoms with Crippen molar-refractivity contribution in [3.05, 3.63) is 35.4 Å². The lowest BCUT2D eigenvalue weighted by molar-refractivity contribution is -0.139. The molecule has 1 fully saturated rings. The predicted octanol–water partition coefficient (Wildman–Crippen LogP) is 1.37. The minimum absolute atomic E-state index is 0.118. The van der Waals surface area contributed by atoms with E-state index in [1.807, 2.05) is 0 Å². The Hall–Kier alpha value is -2.17. The van der Waals surface area contributed by atoms with Gasteiger partial charge in [0.05, 0.1) is 19.2 Å². The summed E-state index contributed by atoms with van der Waals surface area (Å²) in [6, 6.07) is 6.81. The van der Waals surface area contributed by atoms with Crippen LogP contribution in [-0.4, -0.2) is 29.8 Å². The van der Waals surface area contributed by atoms with Gasteiger partial charge in [0.25, 0.3) is 0 Å². The van der Waals surface area contributed by atoms with Gasteiger partial charge in [-0.3, -0.25) is 14.5 Å². The van der Waals surface area contributed by atoms with Crippen LogP contribution in [0, 0.1) is 5.92 Å². The van der Waals surface area contributed by atoms with E-state index in [9.17, 15) is 14.4 Å². The molecular weight excluding hydrogens is 246 g/mol. The molecule has 0 N–H and O–H groups in total. The van der Waals surface area contributed by atoms with E-state index < -0.39 is 5.97 Å². The lowest BCUT2D eigenvalue weighted by Crippen LogP contribution is -2.30. The molecule has 1 heterocycles. The van der Waals surface area contributed by atoms with Crippen molar-refractivity contribution in [2.45, 2.75) is 19.9 Å². The van der Waals surface area contributed by atoms with Gasteiger partial charge in [0.2, 0.25) is 11.8 Å². The number of esters is 1. The van der Waals surface area contributed by atoms with Crippen LogP contribution >= 0.6 is 0 Å². The Labute approximate surface area is 111 Å². The first kappa shape index (κ1) is 13.3. The molecule has 2 rings (SSSR count). The van der Waals surface area contributed by atoms with Crippen LogP contribution in [0.2, 0.25) is 0 Å². The number of imide groups is 1. The van der Waals surface area contributed by atoms with Crippen LogP contribution in [0.25, 0.3) is 0 Å². The van der Waals surface area contributed by atoms with Gasteiger partial charge in [-0.1, -0.05) is 25.1 Å². The standard InChI is InChI=1S/C14H15NO4/c1-9-7-12(16)15(13(9)17)8-10-5-3-4-6-11(10)14(18)19-2/h3-6,9H,7-8H2,1-2H3. The average Bonchev–Trinajstić information content (AvgIpc) is 2.65. The average molecular weight is 261 g/mol. The molecule has 2 amide bonds. The molecule has 1 aromatic rings. The summed E-state index contributed by atoms with van der Waals surface area (Å²) in [6.45, 7) is 1.85.